The Morgan fingerprint density at radius 3 is 2.93 bits per heavy atom. The molecule has 0 saturated heterocycles. The predicted molar refractivity (Wildman–Crippen MR) is 57.9 cm³/mol. The predicted octanol–water partition coefficient (Wildman–Crippen LogP) is 2.44. The van der Waals surface area contributed by atoms with Crippen LogP contribution >= 0.6 is 0 Å². The van der Waals surface area contributed by atoms with E-state index < -0.39 is 5.97 Å². The van der Waals surface area contributed by atoms with Gasteiger partial charge in [-0.3, -0.25) is 0 Å². The van der Waals surface area contributed by atoms with E-state index >= 15 is 0 Å². The molecule has 3 heteroatoms. The van der Waals surface area contributed by atoms with Gasteiger partial charge in [0.1, 0.15) is 11.5 Å². The van der Waals surface area contributed by atoms with Crippen LogP contribution in [0.25, 0.3) is 0 Å². The summed E-state index contributed by atoms with van der Waals surface area (Å²) in [5.41, 5.74) is 0.784. The second-order valence-corrected chi connectivity index (χ2v) is 3.17. The molecule has 0 amide bonds. The van der Waals surface area contributed by atoms with Crippen LogP contribution in [0.15, 0.2) is 30.9 Å². The molecule has 0 aliphatic rings. The summed E-state index contributed by atoms with van der Waals surface area (Å²) in [5, 5.41) is 9.50. The number of hydrogen-bond acceptors (Lipinski definition) is 3. The average molecular weight is 206 g/mol. The zero-order chi connectivity index (χ0) is 11.3. The van der Waals surface area contributed by atoms with Crippen molar-refractivity contribution in [1.29, 1.82) is 0 Å². The van der Waals surface area contributed by atoms with Crippen molar-refractivity contribution in [2.75, 3.05) is 0 Å². The maximum Gasteiger partial charge on any atom is 0.335 e. The number of ether oxygens (including phenoxy) is 1. The normalized spacial score (nSPS) is 9.67. The van der Waals surface area contributed by atoms with Gasteiger partial charge in [-0.25, -0.2) is 4.79 Å². The van der Waals surface area contributed by atoms with Gasteiger partial charge in [0.25, 0.3) is 0 Å². The molecule has 0 fully saturated rings. The van der Waals surface area contributed by atoms with Crippen molar-refractivity contribution in [2.45, 2.75) is 19.8 Å². The van der Waals surface area contributed by atoms with E-state index in [1.807, 2.05) is 6.92 Å². The van der Waals surface area contributed by atoms with Crippen molar-refractivity contribution in [3.63, 3.8) is 0 Å². The van der Waals surface area contributed by atoms with Gasteiger partial charge in [-0.2, -0.15) is 0 Å². The Morgan fingerprint density at radius 2 is 2.33 bits per heavy atom. The molecular weight excluding hydrogens is 192 g/mol. The number of phenolic OH excluding ortho intramolecular Hbond substituents is 1. The molecule has 1 N–H and O–H groups in total. The molecular formula is C12H14O3. The van der Waals surface area contributed by atoms with E-state index in [-0.39, 0.29) is 5.75 Å². The van der Waals surface area contributed by atoms with Crippen molar-refractivity contribution >= 4 is 5.97 Å². The smallest absolute Gasteiger partial charge is 0.335 e. The van der Waals surface area contributed by atoms with Gasteiger partial charge in [0, 0.05) is 6.08 Å². The van der Waals surface area contributed by atoms with Crippen molar-refractivity contribution in [2.24, 2.45) is 0 Å². The summed E-state index contributed by atoms with van der Waals surface area (Å²) in [7, 11) is 0. The molecule has 0 atom stereocenters. The van der Waals surface area contributed by atoms with E-state index in [0.717, 1.165) is 24.5 Å². The van der Waals surface area contributed by atoms with Crippen molar-refractivity contribution in [3.05, 3.63) is 36.4 Å². The molecule has 0 unspecified atom stereocenters. The molecule has 1 aromatic rings. The monoisotopic (exact) mass is 206 g/mol. The molecule has 80 valence electrons. The topological polar surface area (TPSA) is 46.5 Å². The quantitative estimate of drug-likeness (QED) is 0.467. The average Bonchev–Trinajstić information content (AvgIpc) is 2.23. The number of rotatable bonds is 4. The lowest BCUT2D eigenvalue weighted by atomic mass is 10.1. The number of carbonyl (C=O) groups is 1. The van der Waals surface area contributed by atoms with E-state index in [2.05, 4.69) is 6.58 Å². The summed E-state index contributed by atoms with van der Waals surface area (Å²) in [5.74, 6) is 0.166. The van der Waals surface area contributed by atoms with E-state index in [1.165, 1.54) is 6.07 Å². The molecule has 1 aromatic carbocycles. The molecule has 0 spiro atoms. The second kappa shape index (κ2) is 5.20. The van der Waals surface area contributed by atoms with Crippen LogP contribution < -0.4 is 4.74 Å². The largest absolute Gasteiger partial charge is 0.508 e. The SMILES string of the molecule is C=CC(=O)Oc1ccc(O)c(CCC)c1. The fraction of sp³-hybridized carbons (Fsp3) is 0.250. The van der Waals surface area contributed by atoms with E-state index in [0.29, 0.717) is 5.75 Å². The zero-order valence-electron chi connectivity index (χ0n) is 8.69. The highest BCUT2D eigenvalue weighted by atomic mass is 16.5. The standard InChI is InChI=1S/C12H14O3/c1-3-5-9-8-10(6-7-11(9)13)15-12(14)4-2/h4,6-8,13H,2-3,5H2,1H3. The van der Waals surface area contributed by atoms with Gasteiger partial charge in [0.2, 0.25) is 0 Å². The van der Waals surface area contributed by atoms with Gasteiger partial charge in [0.15, 0.2) is 0 Å². The van der Waals surface area contributed by atoms with Gasteiger partial charge in [-0.15, -0.1) is 0 Å². The van der Waals surface area contributed by atoms with Crippen molar-refractivity contribution < 1.29 is 14.6 Å². The Morgan fingerprint density at radius 1 is 1.60 bits per heavy atom. The van der Waals surface area contributed by atoms with E-state index in [9.17, 15) is 9.90 Å². The summed E-state index contributed by atoms with van der Waals surface area (Å²) >= 11 is 0. The third-order valence-electron chi connectivity index (χ3n) is 1.96. The summed E-state index contributed by atoms with van der Waals surface area (Å²) in [4.78, 5) is 10.9. The number of aromatic hydroxyl groups is 1. The first kappa shape index (κ1) is 11.3. The Bertz CT molecular complexity index is 369. The maximum atomic E-state index is 10.9. The summed E-state index contributed by atoms with van der Waals surface area (Å²) in [6, 6.07) is 4.74. The lowest BCUT2D eigenvalue weighted by molar-refractivity contribution is -0.128. The van der Waals surface area contributed by atoms with Gasteiger partial charge in [-0.1, -0.05) is 19.9 Å². The Hall–Kier alpha value is -1.77. The molecule has 1 rings (SSSR count). The summed E-state index contributed by atoms with van der Waals surface area (Å²) in [6.07, 6.45) is 2.78. The summed E-state index contributed by atoms with van der Waals surface area (Å²) < 4.78 is 4.94. The number of phenols is 1. The molecule has 3 nitrogen and oxygen atoms in total. The molecule has 15 heavy (non-hydrogen) atoms. The number of carbonyl (C=O) groups excluding carboxylic acids is 1. The Balaban J connectivity index is 2.86. The van der Waals surface area contributed by atoms with Crippen LogP contribution in [-0.2, 0) is 11.2 Å². The van der Waals surface area contributed by atoms with Crippen LogP contribution in [0.5, 0.6) is 11.5 Å². The number of hydrogen-bond donors (Lipinski definition) is 1. The fourth-order valence-electron chi connectivity index (χ4n) is 1.25. The number of esters is 1. The van der Waals surface area contributed by atoms with Crippen molar-refractivity contribution in [1.82, 2.24) is 0 Å². The summed E-state index contributed by atoms with van der Waals surface area (Å²) in [6.45, 7) is 5.32. The lowest BCUT2D eigenvalue weighted by Gasteiger charge is -2.06. The number of aryl methyl sites for hydroxylation is 1. The highest BCUT2D eigenvalue weighted by molar-refractivity contribution is 5.83. The van der Waals surface area contributed by atoms with Crippen LogP contribution in [0.3, 0.4) is 0 Å². The Kier molecular flexibility index (Phi) is 3.92. The first-order chi connectivity index (χ1) is 7.17. The van der Waals surface area contributed by atoms with Crippen LogP contribution in [0.4, 0.5) is 0 Å². The molecule has 0 heterocycles. The van der Waals surface area contributed by atoms with Gasteiger partial charge < -0.3 is 9.84 Å². The highest BCUT2D eigenvalue weighted by Crippen LogP contribution is 2.24. The Labute approximate surface area is 89.0 Å². The highest BCUT2D eigenvalue weighted by Gasteiger charge is 2.04. The van der Waals surface area contributed by atoms with Crippen LogP contribution in [0.2, 0.25) is 0 Å². The van der Waals surface area contributed by atoms with Gasteiger partial charge >= 0.3 is 5.97 Å². The first-order valence-corrected chi connectivity index (χ1v) is 4.83. The van der Waals surface area contributed by atoms with Crippen LogP contribution in [0, 0.1) is 0 Å². The molecule has 0 saturated carbocycles. The molecule has 0 aromatic heterocycles. The molecule has 0 bridgehead atoms. The minimum atomic E-state index is -0.497. The van der Waals surface area contributed by atoms with Crippen molar-refractivity contribution in [3.8, 4) is 11.5 Å². The first-order valence-electron chi connectivity index (χ1n) is 4.83. The third kappa shape index (κ3) is 3.13. The van der Waals surface area contributed by atoms with Gasteiger partial charge in [-0.05, 0) is 30.2 Å². The van der Waals surface area contributed by atoms with E-state index in [4.69, 9.17) is 4.74 Å². The van der Waals surface area contributed by atoms with Gasteiger partial charge in [0.05, 0.1) is 0 Å². The maximum absolute atomic E-state index is 10.9. The molecule has 0 aliphatic heterocycles. The molecule has 0 aliphatic carbocycles. The minimum absolute atomic E-state index is 0.232. The molecule has 0 radical (unpaired) electrons. The second-order valence-electron chi connectivity index (χ2n) is 3.17. The fourth-order valence-corrected chi connectivity index (χ4v) is 1.25. The van der Waals surface area contributed by atoms with Crippen LogP contribution in [-0.4, -0.2) is 11.1 Å². The number of benzene rings is 1. The van der Waals surface area contributed by atoms with E-state index in [1.54, 1.807) is 12.1 Å². The lowest BCUT2D eigenvalue weighted by Crippen LogP contribution is -2.03. The zero-order valence-corrected chi connectivity index (χ0v) is 8.69. The van der Waals surface area contributed by atoms with Crippen LogP contribution in [0.1, 0.15) is 18.9 Å². The minimum Gasteiger partial charge on any atom is -0.508 e. The third-order valence-corrected chi connectivity index (χ3v) is 1.96.